The number of nitrogens with zero attached hydrogens (tertiary/aromatic N) is 2. The Morgan fingerprint density at radius 3 is 2.54 bits per heavy atom. The molecule has 1 heterocycles. The van der Waals surface area contributed by atoms with E-state index < -0.39 is 12.8 Å². The van der Waals surface area contributed by atoms with Crippen molar-refractivity contribution in [3.8, 4) is 5.88 Å². The van der Waals surface area contributed by atoms with E-state index in [0.717, 1.165) is 31.5 Å². The van der Waals surface area contributed by atoms with E-state index >= 15 is 0 Å². The molecule has 0 fully saturated rings. The molecular formula is C15H24F3IN4O. The normalized spacial score (nSPS) is 11.6. The Morgan fingerprint density at radius 1 is 1.25 bits per heavy atom. The molecule has 1 aromatic heterocycles. The fraction of sp³-hybridized carbons (Fsp3) is 0.600. The van der Waals surface area contributed by atoms with Crippen LogP contribution in [0.15, 0.2) is 23.3 Å². The lowest BCUT2D eigenvalue weighted by molar-refractivity contribution is -0.154. The fourth-order valence-corrected chi connectivity index (χ4v) is 1.64. The second kappa shape index (κ2) is 12.2. The molecule has 0 aromatic carbocycles. The van der Waals surface area contributed by atoms with E-state index in [1.165, 1.54) is 12.3 Å². The van der Waals surface area contributed by atoms with Gasteiger partial charge >= 0.3 is 6.18 Å². The van der Waals surface area contributed by atoms with Crippen LogP contribution >= 0.6 is 24.0 Å². The number of aromatic nitrogens is 1. The summed E-state index contributed by atoms with van der Waals surface area (Å²) in [6.45, 7) is 4.72. The summed E-state index contributed by atoms with van der Waals surface area (Å²) in [6, 6.07) is 3.06. The molecule has 0 radical (unpaired) electrons. The molecule has 0 aliphatic heterocycles. The largest absolute Gasteiger partial charge is 0.468 e. The van der Waals surface area contributed by atoms with Crippen LogP contribution in [0.1, 0.15) is 32.3 Å². The van der Waals surface area contributed by atoms with Crippen molar-refractivity contribution in [3.05, 3.63) is 23.9 Å². The SMILES string of the molecule is CCCCNC(=NCc1ccc(OCC(F)(F)F)nc1)NCC.I. The molecule has 138 valence electrons. The van der Waals surface area contributed by atoms with Crippen LogP contribution in [0.4, 0.5) is 13.2 Å². The van der Waals surface area contributed by atoms with E-state index in [0.29, 0.717) is 12.5 Å². The van der Waals surface area contributed by atoms with Gasteiger partial charge in [-0.1, -0.05) is 19.4 Å². The van der Waals surface area contributed by atoms with Gasteiger partial charge in [0.05, 0.1) is 6.54 Å². The zero-order valence-corrected chi connectivity index (χ0v) is 16.1. The highest BCUT2D eigenvalue weighted by molar-refractivity contribution is 14.0. The minimum Gasteiger partial charge on any atom is -0.468 e. The summed E-state index contributed by atoms with van der Waals surface area (Å²) in [4.78, 5) is 8.25. The quantitative estimate of drug-likeness (QED) is 0.270. The third kappa shape index (κ3) is 10.5. The van der Waals surface area contributed by atoms with Gasteiger partial charge in [-0.05, 0) is 18.9 Å². The van der Waals surface area contributed by atoms with Crippen molar-refractivity contribution in [3.63, 3.8) is 0 Å². The van der Waals surface area contributed by atoms with E-state index in [-0.39, 0.29) is 29.9 Å². The maximum absolute atomic E-state index is 12.0. The third-order valence-electron chi connectivity index (χ3n) is 2.77. The summed E-state index contributed by atoms with van der Waals surface area (Å²) in [5.74, 6) is 0.654. The number of hydrogen-bond acceptors (Lipinski definition) is 3. The Kier molecular flexibility index (Phi) is 11.5. The second-order valence-corrected chi connectivity index (χ2v) is 4.88. The van der Waals surface area contributed by atoms with E-state index in [1.807, 2.05) is 6.92 Å². The Bertz CT molecular complexity index is 481. The molecule has 0 aliphatic rings. The molecule has 5 nitrogen and oxygen atoms in total. The van der Waals surface area contributed by atoms with Gasteiger partial charge in [0.15, 0.2) is 12.6 Å². The zero-order chi connectivity index (χ0) is 17.1. The Morgan fingerprint density at radius 2 is 2.00 bits per heavy atom. The number of unbranched alkanes of at least 4 members (excludes halogenated alkanes) is 1. The topological polar surface area (TPSA) is 58.5 Å². The number of ether oxygens (including phenoxy) is 1. The standard InChI is InChI=1S/C15H23F3N4O.HI/c1-3-5-8-20-14(19-4-2)22-10-12-6-7-13(21-9-12)23-11-15(16,17)18;/h6-7,9H,3-5,8,10-11H2,1-2H3,(H2,19,20,22);1H. The zero-order valence-electron chi connectivity index (χ0n) is 13.8. The van der Waals surface area contributed by atoms with E-state index in [1.54, 1.807) is 6.07 Å². The van der Waals surface area contributed by atoms with Crippen molar-refractivity contribution >= 4 is 29.9 Å². The molecule has 0 amide bonds. The summed E-state index contributed by atoms with van der Waals surface area (Å²) in [5.41, 5.74) is 0.789. The number of alkyl halides is 3. The third-order valence-corrected chi connectivity index (χ3v) is 2.77. The lowest BCUT2D eigenvalue weighted by atomic mass is 10.3. The van der Waals surface area contributed by atoms with Crippen LogP contribution in [0.5, 0.6) is 5.88 Å². The Labute approximate surface area is 157 Å². The highest BCUT2D eigenvalue weighted by Crippen LogP contribution is 2.17. The summed E-state index contributed by atoms with van der Waals surface area (Å²) < 4.78 is 40.7. The van der Waals surface area contributed by atoms with Crippen molar-refractivity contribution < 1.29 is 17.9 Å². The maximum atomic E-state index is 12.0. The molecule has 0 saturated carbocycles. The number of rotatable bonds is 8. The van der Waals surface area contributed by atoms with E-state index in [9.17, 15) is 13.2 Å². The molecular weight excluding hydrogens is 436 g/mol. The van der Waals surface area contributed by atoms with Gasteiger partial charge in [-0.25, -0.2) is 9.98 Å². The van der Waals surface area contributed by atoms with Gasteiger partial charge in [-0.15, -0.1) is 24.0 Å². The molecule has 0 unspecified atom stereocenters. The highest BCUT2D eigenvalue weighted by atomic mass is 127. The summed E-state index contributed by atoms with van der Waals surface area (Å²) >= 11 is 0. The molecule has 9 heteroatoms. The monoisotopic (exact) mass is 460 g/mol. The molecule has 0 spiro atoms. The average molecular weight is 460 g/mol. The predicted octanol–water partition coefficient (Wildman–Crippen LogP) is 3.50. The molecule has 0 bridgehead atoms. The fourth-order valence-electron chi connectivity index (χ4n) is 1.64. The summed E-state index contributed by atoms with van der Waals surface area (Å²) in [5, 5.41) is 6.34. The van der Waals surface area contributed by atoms with Gasteiger partial charge in [0.25, 0.3) is 0 Å². The van der Waals surface area contributed by atoms with Crippen LogP contribution in [-0.4, -0.2) is 36.8 Å². The van der Waals surface area contributed by atoms with Crippen LogP contribution in [0.2, 0.25) is 0 Å². The van der Waals surface area contributed by atoms with Gasteiger partial charge in [0.2, 0.25) is 5.88 Å². The van der Waals surface area contributed by atoms with Crippen molar-refractivity contribution in [2.45, 2.75) is 39.4 Å². The molecule has 2 N–H and O–H groups in total. The molecule has 0 atom stereocenters. The van der Waals surface area contributed by atoms with Crippen LogP contribution in [0.3, 0.4) is 0 Å². The van der Waals surface area contributed by atoms with Gasteiger partial charge in [0, 0.05) is 25.4 Å². The number of aliphatic imine (C=N–C) groups is 1. The van der Waals surface area contributed by atoms with Gasteiger partial charge in [-0.3, -0.25) is 0 Å². The first-order valence-corrected chi connectivity index (χ1v) is 7.61. The maximum Gasteiger partial charge on any atom is 0.422 e. The van der Waals surface area contributed by atoms with Crippen molar-refractivity contribution in [2.24, 2.45) is 4.99 Å². The number of halogens is 4. The van der Waals surface area contributed by atoms with E-state index in [2.05, 4.69) is 32.3 Å². The lowest BCUT2D eigenvalue weighted by Gasteiger charge is -2.11. The number of nitrogens with one attached hydrogen (secondary N) is 2. The second-order valence-electron chi connectivity index (χ2n) is 4.88. The number of hydrogen-bond donors (Lipinski definition) is 2. The van der Waals surface area contributed by atoms with Gasteiger partial charge < -0.3 is 15.4 Å². The molecule has 1 rings (SSSR count). The first kappa shape index (κ1) is 22.7. The smallest absolute Gasteiger partial charge is 0.422 e. The highest BCUT2D eigenvalue weighted by Gasteiger charge is 2.28. The summed E-state index contributed by atoms with van der Waals surface area (Å²) in [7, 11) is 0. The first-order chi connectivity index (χ1) is 10.9. The van der Waals surface area contributed by atoms with E-state index in [4.69, 9.17) is 0 Å². The Balaban J connectivity index is 0.00000529. The van der Waals surface area contributed by atoms with Crippen LogP contribution in [0, 0.1) is 0 Å². The van der Waals surface area contributed by atoms with Crippen molar-refractivity contribution in [1.29, 1.82) is 0 Å². The first-order valence-electron chi connectivity index (χ1n) is 7.61. The van der Waals surface area contributed by atoms with Gasteiger partial charge in [-0.2, -0.15) is 13.2 Å². The summed E-state index contributed by atoms with van der Waals surface area (Å²) in [6.07, 6.45) is -0.757. The van der Waals surface area contributed by atoms with Gasteiger partial charge in [0.1, 0.15) is 0 Å². The van der Waals surface area contributed by atoms with Crippen molar-refractivity contribution in [1.82, 2.24) is 15.6 Å². The predicted molar refractivity (Wildman–Crippen MR) is 98.9 cm³/mol. The number of guanidine groups is 1. The molecule has 0 aliphatic carbocycles. The van der Waals surface area contributed by atoms with Crippen LogP contribution in [-0.2, 0) is 6.54 Å². The lowest BCUT2D eigenvalue weighted by Crippen LogP contribution is -2.37. The molecule has 1 aromatic rings. The minimum atomic E-state index is -4.37. The van der Waals surface area contributed by atoms with Crippen LogP contribution in [0.25, 0.3) is 0 Å². The minimum absolute atomic E-state index is 0. The van der Waals surface area contributed by atoms with Crippen molar-refractivity contribution in [2.75, 3.05) is 19.7 Å². The molecule has 0 saturated heterocycles. The average Bonchev–Trinajstić information content (AvgIpc) is 2.51. The molecule has 24 heavy (non-hydrogen) atoms. The van der Waals surface area contributed by atoms with Crippen LogP contribution < -0.4 is 15.4 Å². The number of pyridine rings is 1. The Hall–Kier alpha value is -1.26.